The smallest absolute Gasteiger partial charge is 0.511 e. The summed E-state index contributed by atoms with van der Waals surface area (Å²) in [6, 6.07) is 11.1. The molecule has 11 heteroatoms. The van der Waals surface area contributed by atoms with Crippen LogP contribution in [0.4, 0.5) is 0 Å². The number of carbonyl (C=O) groups excluding carboxylic acids is 1. The van der Waals surface area contributed by atoms with Crippen LogP contribution in [0.15, 0.2) is 36.4 Å². The maximum Gasteiger partial charge on any atom is 0.713 e. The number of rotatable bonds is 2. The first kappa shape index (κ1) is 22.1. The Hall–Kier alpha value is -2.40. The summed E-state index contributed by atoms with van der Waals surface area (Å²) in [4.78, 5) is 18.2. The van der Waals surface area contributed by atoms with Gasteiger partial charge in [0.15, 0.2) is 5.78 Å². The molecule has 9 nitrogen and oxygen atoms in total. The SMILES string of the molecule is O=C(c1ccccc1)c1cc2c(c3c1OB1OCCN(CCO1)C3)OB1OCCN(CCO1)C2. The minimum absolute atomic E-state index is 0.117. The molecule has 0 saturated carbocycles. The van der Waals surface area contributed by atoms with Gasteiger partial charge in [0.2, 0.25) is 0 Å². The Balaban J connectivity index is 1.55. The highest BCUT2D eigenvalue weighted by molar-refractivity contribution is 6.38. The first-order valence-electron chi connectivity index (χ1n) is 11.8. The topological polar surface area (TPSA) is 78.9 Å². The van der Waals surface area contributed by atoms with E-state index in [9.17, 15) is 4.79 Å². The molecule has 4 bridgehead atoms. The van der Waals surface area contributed by atoms with Crippen molar-refractivity contribution in [2.24, 2.45) is 0 Å². The van der Waals surface area contributed by atoms with Crippen LogP contribution >= 0.6 is 0 Å². The second-order valence-electron chi connectivity index (χ2n) is 8.76. The second kappa shape index (κ2) is 9.69. The molecular weight excluding hydrogens is 438 g/mol. The Morgan fingerprint density at radius 1 is 0.735 bits per heavy atom. The van der Waals surface area contributed by atoms with E-state index in [1.165, 1.54) is 0 Å². The van der Waals surface area contributed by atoms with E-state index >= 15 is 0 Å². The molecule has 0 atom stereocenters. The zero-order chi connectivity index (χ0) is 22.9. The summed E-state index contributed by atoms with van der Waals surface area (Å²) in [5.74, 6) is 0.954. The van der Waals surface area contributed by atoms with E-state index in [4.69, 9.17) is 27.9 Å². The van der Waals surface area contributed by atoms with Crippen LogP contribution in [0.1, 0.15) is 27.0 Å². The molecule has 2 fully saturated rings. The first-order chi connectivity index (χ1) is 16.7. The zero-order valence-electron chi connectivity index (χ0n) is 18.9. The van der Waals surface area contributed by atoms with Crippen molar-refractivity contribution in [1.82, 2.24) is 9.80 Å². The number of carbonyl (C=O) groups is 1. The van der Waals surface area contributed by atoms with Crippen LogP contribution in [0.25, 0.3) is 0 Å². The number of hydrogen-bond donors (Lipinski definition) is 0. The van der Waals surface area contributed by atoms with E-state index in [1.54, 1.807) is 0 Å². The Kier molecular flexibility index (Phi) is 6.30. The van der Waals surface area contributed by atoms with Crippen LogP contribution in [0.2, 0.25) is 0 Å². The van der Waals surface area contributed by atoms with Gasteiger partial charge in [-0.2, -0.15) is 0 Å². The number of ketones is 1. The number of fused-ring (bicyclic) bond motifs is 8. The molecule has 2 aromatic rings. The first-order valence-corrected chi connectivity index (χ1v) is 11.8. The lowest BCUT2D eigenvalue weighted by Crippen LogP contribution is -2.39. The van der Waals surface area contributed by atoms with Crippen LogP contribution in [0.5, 0.6) is 11.5 Å². The van der Waals surface area contributed by atoms with Crippen molar-refractivity contribution in [3.63, 3.8) is 0 Å². The van der Waals surface area contributed by atoms with Gasteiger partial charge in [0.05, 0.1) is 5.56 Å². The Morgan fingerprint density at radius 3 is 1.91 bits per heavy atom. The third kappa shape index (κ3) is 4.47. The van der Waals surface area contributed by atoms with E-state index < -0.39 is 14.6 Å². The lowest BCUT2D eigenvalue weighted by molar-refractivity contribution is 0.0803. The maximum absolute atomic E-state index is 13.8. The maximum atomic E-state index is 13.8. The van der Waals surface area contributed by atoms with Gasteiger partial charge < -0.3 is 27.9 Å². The van der Waals surface area contributed by atoms with E-state index in [0.29, 0.717) is 62.1 Å². The summed E-state index contributed by atoms with van der Waals surface area (Å²) in [6.07, 6.45) is 0. The molecule has 0 aliphatic carbocycles. The fourth-order valence-corrected chi connectivity index (χ4v) is 4.76. The van der Waals surface area contributed by atoms with Crippen molar-refractivity contribution >= 4 is 20.4 Å². The van der Waals surface area contributed by atoms with Gasteiger partial charge >= 0.3 is 14.6 Å². The minimum atomic E-state index is -0.897. The number of nitrogens with zero attached hydrogens (tertiary/aromatic N) is 2. The van der Waals surface area contributed by atoms with Crippen molar-refractivity contribution in [2.45, 2.75) is 13.1 Å². The lowest BCUT2D eigenvalue weighted by atomic mass is 9.94. The zero-order valence-corrected chi connectivity index (χ0v) is 18.9. The van der Waals surface area contributed by atoms with E-state index in [0.717, 1.165) is 37.3 Å². The molecule has 34 heavy (non-hydrogen) atoms. The average Bonchev–Trinajstić information content (AvgIpc) is 3.06. The van der Waals surface area contributed by atoms with Gasteiger partial charge in [0, 0.05) is 82.4 Å². The third-order valence-corrected chi connectivity index (χ3v) is 6.53. The van der Waals surface area contributed by atoms with Crippen LogP contribution in [-0.4, -0.2) is 82.8 Å². The van der Waals surface area contributed by atoms with Crippen molar-refractivity contribution in [3.8, 4) is 11.5 Å². The predicted molar refractivity (Wildman–Crippen MR) is 123 cm³/mol. The monoisotopic (exact) mass is 464 g/mol. The largest absolute Gasteiger partial charge is 0.713 e. The van der Waals surface area contributed by atoms with Gasteiger partial charge in [-0.15, -0.1) is 0 Å². The van der Waals surface area contributed by atoms with Crippen LogP contribution < -0.4 is 9.31 Å². The van der Waals surface area contributed by atoms with Crippen molar-refractivity contribution in [3.05, 3.63) is 58.7 Å². The van der Waals surface area contributed by atoms with Crippen molar-refractivity contribution in [2.75, 3.05) is 52.6 Å². The van der Waals surface area contributed by atoms with Gasteiger partial charge in [-0.05, 0) is 6.07 Å². The van der Waals surface area contributed by atoms with Gasteiger partial charge in [0.1, 0.15) is 11.5 Å². The van der Waals surface area contributed by atoms with Crippen LogP contribution in [-0.2, 0) is 31.7 Å². The Morgan fingerprint density at radius 2 is 1.29 bits per heavy atom. The molecule has 2 aromatic carbocycles. The molecule has 6 aliphatic rings. The molecule has 0 aromatic heterocycles. The summed E-state index contributed by atoms with van der Waals surface area (Å²) >= 11 is 0. The second-order valence-corrected chi connectivity index (χ2v) is 8.76. The van der Waals surface area contributed by atoms with E-state index in [2.05, 4.69) is 9.80 Å². The summed E-state index contributed by atoms with van der Waals surface area (Å²) < 4.78 is 35.9. The summed E-state index contributed by atoms with van der Waals surface area (Å²) in [5.41, 5.74) is 2.77. The van der Waals surface area contributed by atoms with Crippen LogP contribution in [0, 0.1) is 0 Å². The van der Waals surface area contributed by atoms with Gasteiger partial charge in [-0.25, -0.2) is 0 Å². The molecule has 0 N–H and O–H groups in total. The molecule has 0 unspecified atom stereocenters. The van der Waals surface area contributed by atoms with Gasteiger partial charge in [-0.3, -0.25) is 14.6 Å². The van der Waals surface area contributed by atoms with Crippen molar-refractivity contribution in [1.29, 1.82) is 0 Å². The van der Waals surface area contributed by atoms with E-state index in [1.807, 2.05) is 36.4 Å². The molecule has 6 heterocycles. The van der Waals surface area contributed by atoms with Gasteiger partial charge in [-0.1, -0.05) is 30.3 Å². The Labute approximate surface area is 199 Å². The average molecular weight is 464 g/mol. The normalized spacial score (nSPS) is 21.3. The summed E-state index contributed by atoms with van der Waals surface area (Å²) in [6.45, 7) is 6.04. The van der Waals surface area contributed by atoms with E-state index in [-0.39, 0.29) is 5.78 Å². The molecule has 0 spiro atoms. The lowest BCUT2D eigenvalue weighted by Gasteiger charge is -2.26. The molecule has 0 radical (unpaired) electrons. The third-order valence-electron chi connectivity index (χ3n) is 6.53. The molecule has 176 valence electrons. The number of benzene rings is 2. The fraction of sp³-hybridized carbons (Fsp3) is 0.435. The quantitative estimate of drug-likeness (QED) is 0.484. The van der Waals surface area contributed by atoms with Crippen LogP contribution in [0.3, 0.4) is 0 Å². The van der Waals surface area contributed by atoms with Crippen molar-refractivity contribution < 1.29 is 32.7 Å². The van der Waals surface area contributed by atoms with Gasteiger partial charge in [0.25, 0.3) is 0 Å². The number of hydrogen-bond acceptors (Lipinski definition) is 9. The highest BCUT2D eigenvalue weighted by atomic mass is 16.7. The standard InChI is InChI=1S/C23H26B2N2O7/c28-21(17-4-2-1-3-5-17)19-14-18-15-26-6-10-29-24(30-11-7-26)33-22(18)20-16-27-8-12-31-25(32-13-9-27)34-23(19)20/h1-5,14H,6-13,15-16H2. The molecule has 2 saturated heterocycles. The molecule has 6 aliphatic heterocycles. The predicted octanol–water partition coefficient (Wildman–Crippen LogP) is 1.37. The fourth-order valence-electron chi connectivity index (χ4n) is 4.76. The Bertz CT molecular complexity index is 1040. The minimum Gasteiger partial charge on any atom is -0.511 e. The molecule has 8 rings (SSSR count). The highest BCUT2D eigenvalue weighted by Gasteiger charge is 2.38. The molecule has 0 amide bonds. The molecular formula is C23H26B2N2O7. The summed E-state index contributed by atoms with van der Waals surface area (Å²) in [7, 11) is -1.71. The summed E-state index contributed by atoms with van der Waals surface area (Å²) in [5, 5.41) is 0. The highest BCUT2D eigenvalue weighted by Crippen LogP contribution is 2.41.